The largest absolute Gasteiger partial charge is 0.433 e. The van der Waals surface area contributed by atoms with Crippen molar-refractivity contribution in [2.45, 2.75) is 24.6 Å². The highest BCUT2D eigenvalue weighted by molar-refractivity contribution is 6.34. The van der Waals surface area contributed by atoms with Gasteiger partial charge in [0.2, 0.25) is 0 Å². The molecule has 5 heterocycles. The number of nitrogen functional groups attached to an aromatic ring is 1. The zero-order chi connectivity index (χ0) is 36.9. The number of halogens is 4. The number of alkyl halides is 3. The molecule has 18 heteroatoms. The van der Waals surface area contributed by atoms with E-state index in [4.69, 9.17) is 17.3 Å². The smallest absolute Gasteiger partial charge is 0.397 e. The van der Waals surface area contributed by atoms with E-state index in [1.807, 2.05) is 5.10 Å². The number of rotatable bonds is 6. The van der Waals surface area contributed by atoms with Gasteiger partial charge in [0, 0.05) is 51.8 Å². The molecule has 3 aromatic heterocycles. The predicted octanol–water partition coefficient (Wildman–Crippen LogP) is 3.26. The Morgan fingerprint density at radius 1 is 1.02 bits per heavy atom. The summed E-state index contributed by atoms with van der Waals surface area (Å²) in [6, 6.07) is 7.23. The van der Waals surface area contributed by atoms with Gasteiger partial charge in [-0.1, -0.05) is 11.6 Å². The summed E-state index contributed by atoms with van der Waals surface area (Å²) >= 11 is 6.49. The van der Waals surface area contributed by atoms with Gasteiger partial charge in [-0.25, -0.2) is 4.98 Å². The van der Waals surface area contributed by atoms with Crippen molar-refractivity contribution >= 4 is 40.7 Å². The van der Waals surface area contributed by atoms with Gasteiger partial charge in [0.25, 0.3) is 17.7 Å². The van der Waals surface area contributed by atoms with Crippen molar-refractivity contribution in [2.75, 3.05) is 64.4 Å². The number of anilines is 2. The predicted molar refractivity (Wildman–Crippen MR) is 181 cm³/mol. The number of carbonyl (C=O) groups excluding carboxylic acids is 3. The number of hydrogen-bond acceptors (Lipinski definition) is 8. The summed E-state index contributed by atoms with van der Waals surface area (Å²) in [6.07, 6.45) is -1.63. The molecule has 0 unspecified atom stereocenters. The Labute approximate surface area is 295 Å². The van der Waals surface area contributed by atoms with Crippen LogP contribution in [0, 0.1) is 0 Å². The third-order valence-corrected chi connectivity index (χ3v) is 9.81. The summed E-state index contributed by atoms with van der Waals surface area (Å²) < 4.78 is 44.0. The fourth-order valence-electron chi connectivity index (χ4n) is 6.34. The topological polar surface area (TPSA) is 175 Å². The molecule has 51 heavy (non-hydrogen) atoms. The molecular formula is C33H37ClF3N10O4+. The van der Waals surface area contributed by atoms with E-state index in [0.717, 1.165) is 10.7 Å². The molecule has 2 saturated heterocycles. The second-order valence-electron chi connectivity index (χ2n) is 13.5. The van der Waals surface area contributed by atoms with E-state index in [-0.39, 0.29) is 82.7 Å². The van der Waals surface area contributed by atoms with Gasteiger partial charge in [0.15, 0.2) is 11.4 Å². The van der Waals surface area contributed by atoms with Crippen molar-refractivity contribution in [3.8, 4) is 22.6 Å². The Morgan fingerprint density at radius 2 is 1.69 bits per heavy atom. The number of aromatic nitrogens is 5. The average molecular weight is 730 g/mol. The van der Waals surface area contributed by atoms with Gasteiger partial charge < -0.3 is 35.0 Å². The van der Waals surface area contributed by atoms with Gasteiger partial charge in [-0.15, -0.1) is 0 Å². The van der Waals surface area contributed by atoms with Gasteiger partial charge in [0.05, 0.1) is 72.8 Å². The number of hydrogen-bond donors (Lipinski definition) is 4. The molecule has 14 nitrogen and oxygen atoms in total. The number of piperidine rings is 1. The van der Waals surface area contributed by atoms with E-state index in [1.54, 1.807) is 9.80 Å². The summed E-state index contributed by atoms with van der Waals surface area (Å²) in [5.74, 6) is -1.62. The normalized spacial score (nSPS) is 17.3. The standard InChI is InChI=1S/C33H36ClF3N10O4/c1-44-24(25-26(23-7-4-19(38)17-39-23)42-43-27(25)33(35,36)37)18-40-28(44)29(48)41-20-5-6-21(22(34)16-20)30(49)45-10-12-46(13-11-45)31(50)32(51)8-14-47(2,3)15-9-32/h4-7,16-18,51H,8-15H2,1-3H3,(H3-,38,39,40,41,42,43,48,49)/p+1. The monoisotopic (exact) mass is 729 g/mol. The highest BCUT2D eigenvalue weighted by Crippen LogP contribution is 2.41. The third-order valence-electron chi connectivity index (χ3n) is 9.50. The van der Waals surface area contributed by atoms with Crippen molar-refractivity contribution in [2.24, 2.45) is 7.05 Å². The first kappa shape index (κ1) is 35.8. The number of nitrogens with zero attached hydrogens (tertiary/aromatic N) is 7. The molecule has 2 fully saturated rings. The lowest BCUT2D eigenvalue weighted by atomic mass is 9.89. The lowest BCUT2D eigenvalue weighted by Gasteiger charge is -2.44. The molecule has 6 rings (SSSR count). The second kappa shape index (κ2) is 13.3. The SMILES string of the molecule is Cn1c(-c2c(-c3ccc(N)cn3)n[nH]c2C(F)(F)F)cnc1C(=O)Nc1ccc(C(=O)N2CCN(C(=O)C3(O)CC[N+](C)(C)CC3)CC2)c(Cl)c1. The van der Waals surface area contributed by atoms with Gasteiger partial charge in [-0.3, -0.25) is 24.5 Å². The zero-order valence-corrected chi connectivity index (χ0v) is 28.8. The number of quaternary nitrogens is 1. The summed E-state index contributed by atoms with van der Waals surface area (Å²) in [5, 5.41) is 19.6. The number of likely N-dealkylation sites (tertiary alicyclic amines) is 1. The summed E-state index contributed by atoms with van der Waals surface area (Å²) in [4.78, 5) is 51.2. The molecule has 0 aliphatic carbocycles. The molecule has 0 atom stereocenters. The Bertz CT molecular complexity index is 1970. The fourth-order valence-corrected chi connectivity index (χ4v) is 6.60. The minimum Gasteiger partial charge on any atom is -0.397 e. The maximum Gasteiger partial charge on any atom is 0.433 e. The summed E-state index contributed by atoms with van der Waals surface area (Å²) in [7, 11) is 5.52. The number of amides is 3. The first-order chi connectivity index (χ1) is 24.0. The van der Waals surface area contributed by atoms with Crippen LogP contribution in [0.1, 0.15) is 39.5 Å². The number of piperazine rings is 1. The number of aliphatic hydroxyl groups is 1. The van der Waals surface area contributed by atoms with E-state index >= 15 is 0 Å². The minimum atomic E-state index is -4.81. The van der Waals surface area contributed by atoms with Crippen molar-refractivity contribution in [3.63, 3.8) is 0 Å². The molecule has 2 aliphatic rings. The van der Waals surface area contributed by atoms with Crippen molar-refractivity contribution in [3.05, 3.63) is 64.8 Å². The quantitative estimate of drug-likeness (QED) is 0.219. The second-order valence-corrected chi connectivity index (χ2v) is 13.9. The number of H-pyrrole nitrogens is 1. The summed E-state index contributed by atoms with van der Waals surface area (Å²) in [6.45, 7) is 2.42. The number of nitrogens with two attached hydrogens (primary N) is 1. The molecule has 5 N–H and O–H groups in total. The molecule has 1 aromatic carbocycles. The van der Waals surface area contributed by atoms with Crippen LogP contribution < -0.4 is 11.1 Å². The van der Waals surface area contributed by atoms with Crippen LogP contribution in [0.15, 0.2) is 42.7 Å². The minimum absolute atomic E-state index is 0.0493. The molecule has 0 bridgehead atoms. The van der Waals surface area contributed by atoms with Crippen LogP contribution in [0.4, 0.5) is 24.5 Å². The fraction of sp³-hybridized carbons (Fsp3) is 0.394. The molecule has 0 radical (unpaired) electrons. The van der Waals surface area contributed by atoms with Crippen molar-refractivity contribution in [1.29, 1.82) is 0 Å². The maximum absolute atomic E-state index is 14.0. The summed E-state index contributed by atoms with van der Waals surface area (Å²) in [5.41, 5.74) is 3.48. The highest BCUT2D eigenvalue weighted by Gasteiger charge is 2.46. The Kier molecular flexibility index (Phi) is 9.32. The molecular weight excluding hydrogens is 693 g/mol. The lowest BCUT2D eigenvalue weighted by molar-refractivity contribution is -0.897. The number of carbonyl (C=O) groups is 3. The molecule has 2 aliphatic heterocycles. The van der Waals surface area contributed by atoms with Gasteiger partial charge in [0.1, 0.15) is 11.4 Å². The Hall–Kier alpha value is -5.00. The molecule has 4 aromatic rings. The molecule has 0 saturated carbocycles. The van der Waals surface area contributed by atoms with Gasteiger partial charge in [-0.2, -0.15) is 18.3 Å². The lowest BCUT2D eigenvalue weighted by Crippen LogP contribution is -2.61. The Morgan fingerprint density at radius 3 is 2.29 bits per heavy atom. The zero-order valence-electron chi connectivity index (χ0n) is 28.1. The van der Waals surface area contributed by atoms with Crippen LogP contribution in [0.25, 0.3) is 22.6 Å². The van der Waals surface area contributed by atoms with Crippen LogP contribution in [0.3, 0.4) is 0 Å². The number of benzene rings is 1. The van der Waals surface area contributed by atoms with Crippen molar-refractivity contribution < 1.29 is 37.1 Å². The van der Waals surface area contributed by atoms with Crippen LogP contribution in [-0.4, -0.2) is 121 Å². The van der Waals surface area contributed by atoms with E-state index in [9.17, 15) is 32.7 Å². The third kappa shape index (κ3) is 7.13. The number of aromatic amines is 1. The van der Waals surface area contributed by atoms with Gasteiger partial charge >= 0.3 is 6.18 Å². The highest BCUT2D eigenvalue weighted by atomic mass is 35.5. The van der Waals surface area contributed by atoms with E-state index in [1.165, 1.54) is 48.1 Å². The van der Waals surface area contributed by atoms with Crippen LogP contribution >= 0.6 is 11.6 Å². The van der Waals surface area contributed by atoms with Crippen LogP contribution in [0.2, 0.25) is 5.02 Å². The maximum atomic E-state index is 14.0. The average Bonchev–Trinajstić information content (AvgIpc) is 3.70. The number of nitrogens with one attached hydrogen (secondary N) is 2. The van der Waals surface area contributed by atoms with Crippen LogP contribution in [0.5, 0.6) is 0 Å². The number of imidazole rings is 1. The van der Waals surface area contributed by atoms with E-state index in [2.05, 4.69) is 34.5 Å². The van der Waals surface area contributed by atoms with Crippen molar-refractivity contribution in [1.82, 2.24) is 34.5 Å². The van der Waals surface area contributed by atoms with Gasteiger partial charge in [-0.05, 0) is 30.3 Å². The first-order valence-corrected chi connectivity index (χ1v) is 16.5. The molecule has 3 amide bonds. The molecule has 270 valence electrons. The van der Waals surface area contributed by atoms with E-state index in [0.29, 0.717) is 31.6 Å². The Balaban J connectivity index is 1.13. The number of pyridine rings is 1. The molecule has 0 spiro atoms. The van der Waals surface area contributed by atoms with E-state index < -0.39 is 23.4 Å². The first-order valence-electron chi connectivity index (χ1n) is 16.1. The van der Waals surface area contributed by atoms with Crippen LogP contribution in [-0.2, 0) is 18.0 Å².